The molecule has 5 nitrogen and oxygen atoms in total. The van der Waals surface area contributed by atoms with Gasteiger partial charge in [-0.05, 0) is 36.8 Å². The van der Waals surface area contributed by atoms with Gasteiger partial charge in [0, 0.05) is 42.4 Å². The monoisotopic (exact) mass is 339 g/mol. The molecule has 0 spiro atoms. The van der Waals surface area contributed by atoms with Crippen LogP contribution in [0.4, 0.5) is 0 Å². The van der Waals surface area contributed by atoms with Gasteiger partial charge in [-0.25, -0.2) is 4.98 Å². The van der Waals surface area contributed by atoms with E-state index in [0.29, 0.717) is 12.3 Å². The van der Waals surface area contributed by atoms with E-state index < -0.39 is 0 Å². The van der Waals surface area contributed by atoms with E-state index in [4.69, 9.17) is 4.42 Å². The van der Waals surface area contributed by atoms with E-state index in [0.717, 1.165) is 29.1 Å². The number of hydrogen-bond donors (Lipinski definition) is 1. The summed E-state index contributed by atoms with van der Waals surface area (Å²) in [6, 6.07) is 7.48. The van der Waals surface area contributed by atoms with Crippen molar-refractivity contribution in [2.24, 2.45) is 0 Å². The van der Waals surface area contributed by atoms with Crippen LogP contribution in [-0.4, -0.2) is 22.4 Å². The second-order valence-electron chi connectivity index (χ2n) is 5.11. The van der Waals surface area contributed by atoms with Crippen molar-refractivity contribution in [1.82, 2.24) is 15.3 Å². The molecule has 0 aliphatic rings. The zero-order chi connectivity index (χ0) is 16.6. The average Bonchev–Trinajstić information content (AvgIpc) is 3.29. The average molecular weight is 339 g/mol. The van der Waals surface area contributed by atoms with E-state index in [1.165, 1.54) is 6.08 Å². The summed E-state index contributed by atoms with van der Waals surface area (Å²) in [4.78, 5) is 20.3. The van der Waals surface area contributed by atoms with Crippen LogP contribution in [0.25, 0.3) is 17.3 Å². The highest BCUT2D eigenvalue weighted by molar-refractivity contribution is 7.09. The topological polar surface area (TPSA) is 68.0 Å². The van der Waals surface area contributed by atoms with Crippen LogP contribution in [0.15, 0.2) is 58.8 Å². The smallest absolute Gasteiger partial charge is 0.244 e. The SMILES string of the molecule is O=C(/C=C\c1ccco1)NCCCc1nc(-c2ccncc2)cs1. The second-order valence-corrected chi connectivity index (χ2v) is 6.05. The van der Waals surface area contributed by atoms with Gasteiger partial charge in [0.1, 0.15) is 5.76 Å². The van der Waals surface area contributed by atoms with Crippen molar-refractivity contribution >= 4 is 23.3 Å². The molecule has 3 heterocycles. The third-order valence-corrected chi connectivity index (χ3v) is 4.25. The van der Waals surface area contributed by atoms with Crippen molar-refractivity contribution in [2.75, 3.05) is 6.54 Å². The molecule has 0 atom stereocenters. The minimum Gasteiger partial charge on any atom is -0.465 e. The van der Waals surface area contributed by atoms with Crippen LogP contribution >= 0.6 is 11.3 Å². The van der Waals surface area contributed by atoms with Gasteiger partial charge in [0.2, 0.25) is 5.91 Å². The van der Waals surface area contributed by atoms with Crippen LogP contribution in [0, 0.1) is 0 Å². The first-order valence-electron chi connectivity index (χ1n) is 7.65. The summed E-state index contributed by atoms with van der Waals surface area (Å²) < 4.78 is 5.13. The van der Waals surface area contributed by atoms with Crippen LogP contribution in [0.3, 0.4) is 0 Å². The number of nitrogens with zero attached hydrogens (tertiary/aromatic N) is 2. The number of rotatable bonds is 7. The van der Waals surface area contributed by atoms with Gasteiger partial charge < -0.3 is 9.73 Å². The number of pyridine rings is 1. The molecule has 3 rings (SSSR count). The summed E-state index contributed by atoms with van der Waals surface area (Å²) in [5.41, 5.74) is 2.05. The number of carbonyl (C=O) groups excluding carboxylic acids is 1. The largest absolute Gasteiger partial charge is 0.465 e. The number of furan rings is 1. The normalized spacial score (nSPS) is 11.0. The van der Waals surface area contributed by atoms with E-state index in [9.17, 15) is 4.79 Å². The fourth-order valence-electron chi connectivity index (χ4n) is 2.14. The predicted molar refractivity (Wildman–Crippen MR) is 94.4 cm³/mol. The number of carbonyl (C=O) groups is 1. The standard InChI is InChI=1S/C18H17N3O2S/c22-17(6-5-15-3-2-12-23-15)20-9-1-4-18-21-16(13-24-18)14-7-10-19-11-8-14/h2-3,5-8,10-13H,1,4,9H2,(H,20,22)/b6-5-. The van der Waals surface area contributed by atoms with E-state index in [-0.39, 0.29) is 5.91 Å². The zero-order valence-corrected chi connectivity index (χ0v) is 13.8. The molecule has 24 heavy (non-hydrogen) atoms. The Kier molecular flexibility index (Phi) is 5.52. The van der Waals surface area contributed by atoms with E-state index >= 15 is 0 Å². The minimum atomic E-state index is -0.122. The molecule has 1 N–H and O–H groups in total. The van der Waals surface area contributed by atoms with E-state index in [1.807, 2.05) is 12.1 Å². The Morgan fingerprint density at radius 1 is 1.29 bits per heavy atom. The molecule has 0 fully saturated rings. The van der Waals surface area contributed by atoms with Crippen molar-refractivity contribution in [1.29, 1.82) is 0 Å². The molecule has 6 heteroatoms. The lowest BCUT2D eigenvalue weighted by Crippen LogP contribution is -2.22. The lowest BCUT2D eigenvalue weighted by Gasteiger charge is -2.00. The summed E-state index contributed by atoms with van der Waals surface area (Å²) in [6.07, 6.45) is 9.93. The Balaban J connectivity index is 1.41. The number of thiazole rings is 1. The molecule has 122 valence electrons. The molecule has 0 saturated heterocycles. The molecular formula is C18H17N3O2S. The fraction of sp³-hybridized carbons (Fsp3) is 0.167. The van der Waals surface area contributed by atoms with Gasteiger partial charge in [-0.2, -0.15) is 0 Å². The lowest BCUT2D eigenvalue weighted by molar-refractivity contribution is -0.116. The number of nitrogens with one attached hydrogen (secondary N) is 1. The van der Waals surface area contributed by atoms with Gasteiger partial charge in [0.25, 0.3) is 0 Å². The molecule has 0 bridgehead atoms. The molecule has 3 aromatic rings. The number of hydrogen-bond acceptors (Lipinski definition) is 5. The van der Waals surface area contributed by atoms with Crippen LogP contribution in [0.5, 0.6) is 0 Å². The maximum Gasteiger partial charge on any atom is 0.244 e. The Hall–Kier alpha value is -2.73. The molecule has 0 aliphatic heterocycles. The van der Waals surface area contributed by atoms with Gasteiger partial charge in [0.15, 0.2) is 0 Å². The second kappa shape index (κ2) is 8.21. The summed E-state index contributed by atoms with van der Waals surface area (Å²) in [5.74, 6) is 0.541. The molecule has 1 amide bonds. The maximum atomic E-state index is 11.7. The van der Waals surface area contributed by atoms with Gasteiger partial charge in [-0.15, -0.1) is 11.3 Å². The number of aromatic nitrogens is 2. The van der Waals surface area contributed by atoms with Crippen LogP contribution in [-0.2, 0) is 11.2 Å². The summed E-state index contributed by atoms with van der Waals surface area (Å²) in [7, 11) is 0. The highest BCUT2D eigenvalue weighted by Gasteiger charge is 2.04. The Morgan fingerprint density at radius 2 is 2.17 bits per heavy atom. The zero-order valence-electron chi connectivity index (χ0n) is 13.0. The molecule has 0 aromatic carbocycles. The first kappa shape index (κ1) is 16.1. The predicted octanol–water partition coefficient (Wildman–Crippen LogP) is 3.56. The van der Waals surface area contributed by atoms with Crippen molar-refractivity contribution in [3.05, 3.63) is 65.1 Å². The summed E-state index contributed by atoms with van der Waals surface area (Å²) in [6.45, 7) is 0.617. The summed E-state index contributed by atoms with van der Waals surface area (Å²) >= 11 is 1.64. The van der Waals surface area contributed by atoms with Crippen molar-refractivity contribution in [2.45, 2.75) is 12.8 Å². The van der Waals surface area contributed by atoms with Gasteiger partial charge in [0.05, 0.1) is 17.0 Å². The quantitative estimate of drug-likeness (QED) is 0.528. The van der Waals surface area contributed by atoms with Crippen molar-refractivity contribution in [3.63, 3.8) is 0 Å². The van der Waals surface area contributed by atoms with Crippen LogP contribution < -0.4 is 5.32 Å². The fourth-order valence-corrected chi connectivity index (χ4v) is 2.98. The molecular weight excluding hydrogens is 322 g/mol. The molecule has 3 aromatic heterocycles. The van der Waals surface area contributed by atoms with Crippen molar-refractivity contribution < 1.29 is 9.21 Å². The highest BCUT2D eigenvalue weighted by atomic mass is 32.1. The highest BCUT2D eigenvalue weighted by Crippen LogP contribution is 2.21. The molecule has 0 saturated carbocycles. The summed E-state index contributed by atoms with van der Waals surface area (Å²) in [5, 5.41) is 5.98. The Labute approximate surface area is 144 Å². The van der Waals surface area contributed by atoms with Gasteiger partial charge in [-0.1, -0.05) is 0 Å². The van der Waals surface area contributed by atoms with E-state index in [1.54, 1.807) is 48.2 Å². The van der Waals surface area contributed by atoms with E-state index in [2.05, 4.69) is 20.7 Å². The number of aryl methyl sites for hydroxylation is 1. The third kappa shape index (κ3) is 4.63. The molecule has 0 aliphatic carbocycles. The number of amides is 1. The van der Waals surface area contributed by atoms with Crippen LogP contribution in [0.1, 0.15) is 17.2 Å². The first-order valence-corrected chi connectivity index (χ1v) is 8.53. The maximum absolute atomic E-state index is 11.7. The Bertz CT molecular complexity index is 795. The molecule has 0 unspecified atom stereocenters. The first-order chi connectivity index (χ1) is 11.8. The molecule has 0 radical (unpaired) electrons. The van der Waals surface area contributed by atoms with Crippen LogP contribution in [0.2, 0.25) is 0 Å². The van der Waals surface area contributed by atoms with Crippen molar-refractivity contribution in [3.8, 4) is 11.3 Å². The lowest BCUT2D eigenvalue weighted by atomic mass is 10.2. The van der Waals surface area contributed by atoms with Gasteiger partial charge in [-0.3, -0.25) is 9.78 Å². The minimum absolute atomic E-state index is 0.122. The van der Waals surface area contributed by atoms with Gasteiger partial charge >= 0.3 is 0 Å². The third-order valence-electron chi connectivity index (χ3n) is 3.34. The Morgan fingerprint density at radius 3 is 2.96 bits per heavy atom.